The highest BCUT2D eigenvalue weighted by atomic mass is 79.9. The van der Waals surface area contributed by atoms with Crippen molar-refractivity contribution in [1.82, 2.24) is 9.97 Å². The molecule has 0 fully saturated rings. The van der Waals surface area contributed by atoms with Crippen molar-refractivity contribution in [3.05, 3.63) is 63.9 Å². The van der Waals surface area contributed by atoms with Crippen LogP contribution in [0, 0.1) is 0 Å². The predicted octanol–water partition coefficient (Wildman–Crippen LogP) is 5.43. The number of nitrogens with two attached hydrogens (primary N) is 1. The fourth-order valence-corrected chi connectivity index (χ4v) is 2.61. The van der Waals surface area contributed by atoms with Gasteiger partial charge in [-0.25, -0.2) is 4.98 Å². The number of fused-ring (bicyclic) bond motifs is 1. The minimum atomic E-state index is -4.38. The molecule has 3 rings (SSSR count). The first-order chi connectivity index (χ1) is 10.8. The number of halogens is 6. The molecule has 136 valence electrons. The van der Waals surface area contributed by atoms with Crippen molar-refractivity contribution in [2.45, 2.75) is 18.6 Å². The summed E-state index contributed by atoms with van der Waals surface area (Å²) in [6.07, 6.45) is -3.84. The molecule has 1 heterocycles. The Kier molecular flexibility index (Phi) is 7.31. The van der Waals surface area contributed by atoms with Crippen LogP contribution in [0.25, 0.3) is 11.0 Å². The maximum Gasteiger partial charge on any atom is 0.416 e. The van der Waals surface area contributed by atoms with Gasteiger partial charge in [0.1, 0.15) is 5.82 Å². The third-order valence-electron chi connectivity index (χ3n) is 3.55. The van der Waals surface area contributed by atoms with Crippen molar-refractivity contribution in [3.63, 3.8) is 0 Å². The first-order valence-corrected chi connectivity index (χ1v) is 7.69. The van der Waals surface area contributed by atoms with E-state index in [0.717, 1.165) is 22.2 Å². The number of hydrogen-bond donors (Lipinski definition) is 2. The van der Waals surface area contributed by atoms with E-state index in [2.05, 4.69) is 25.9 Å². The summed E-state index contributed by atoms with van der Waals surface area (Å²) in [6, 6.07) is 10.7. The van der Waals surface area contributed by atoms with E-state index in [1.807, 2.05) is 24.3 Å². The molecule has 9 heteroatoms. The first-order valence-electron chi connectivity index (χ1n) is 6.90. The lowest BCUT2D eigenvalue weighted by atomic mass is 10.1. The fraction of sp³-hybridized carbons (Fsp3) is 0.188. The van der Waals surface area contributed by atoms with Crippen LogP contribution in [-0.4, -0.2) is 9.97 Å². The standard InChI is InChI=1S/C16H13BrF3N3.2ClH/c17-11-4-1-9(2-5-11)7-12(21)15-22-13-6-3-10(16(18,19)20)8-14(13)23-15;;/h1-6,8,12H,7,21H2,(H,22,23);2*1H/t12-;;/m1../s1. The van der Waals surface area contributed by atoms with Crippen LogP contribution >= 0.6 is 40.7 Å². The lowest BCUT2D eigenvalue weighted by molar-refractivity contribution is -0.137. The first kappa shape index (κ1) is 21.8. The second kappa shape index (κ2) is 8.40. The Morgan fingerprint density at radius 1 is 1.08 bits per heavy atom. The smallest absolute Gasteiger partial charge is 0.341 e. The summed E-state index contributed by atoms with van der Waals surface area (Å²) in [4.78, 5) is 7.20. The van der Waals surface area contributed by atoms with E-state index in [-0.39, 0.29) is 30.3 Å². The molecule has 3 nitrogen and oxygen atoms in total. The molecule has 0 saturated heterocycles. The van der Waals surface area contributed by atoms with E-state index in [0.29, 0.717) is 17.8 Å². The lowest BCUT2D eigenvalue weighted by Crippen LogP contribution is -2.14. The van der Waals surface area contributed by atoms with Gasteiger partial charge >= 0.3 is 6.18 Å². The van der Waals surface area contributed by atoms with Gasteiger partial charge in [0.2, 0.25) is 0 Å². The maximum absolute atomic E-state index is 12.7. The number of nitrogens with one attached hydrogen (secondary N) is 1. The number of nitrogens with zero attached hydrogens (tertiary/aromatic N) is 1. The van der Waals surface area contributed by atoms with Crippen molar-refractivity contribution in [2.24, 2.45) is 5.73 Å². The molecule has 25 heavy (non-hydrogen) atoms. The number of H-pyrrole nitrogens is 1. The minimum absolute atomic E-state index is 0. The van der Waals surface area contributed by atoms with E-state index in [9.17, 15) is 13.2 Å². The number of imidazole rings is 1. The summed E-state index contributed by atoms with van der Waals surface area (Å²) in [6.45, 7) is 0. The second-order valence-corrected chi connectivity index (χ2v) is 6.20. The van der Waals surface area contributed by atoms with Crippen LogP contribution in [0.3, 0.4) is 0 Å². The molecule has 0 bridgehead atoms. The largest absolute Gasteiger partial charge is 0.416 e. The fourth-order valence-electron chi connectivity index (χ4n) is 2.35. The number of benzene rings is 2. The number of rotatable bonds is 3. The SMILES string of the molecule is Cl.Cl.N[C@H](Cc1ccc(Br)cc1)c1nc2cc(C(F)(F)F)ccc2[nH]1. The quantitative estimate of drug-likeness (QED) is 0.552. The molecule has 0 aliphatic carbocycles. The van der Waals surface area contributed by atoms with Crippen LogP contribution in [0.5, 0.6) is 0 Å². The Morgan fingerprint density at radius 2 is 1.72 bits per heavy atom. The summed E-state index contributed by atoms with van der Waals surface area (Å²) in [5, 5.41) is 0. The summed E-state index contributed by atoms with van der Waals surface area (Å²) in [7, 11) is 0. The van der Waals surface area contributed by atoms with E-state index in [4.69, 9.17) is 5.73 Å². The Balaban J connectivity index is 0.00000156. The summed E-state index contributed by atoms with van der Waals surface area (Å²) in [5.41, 5.74) is 7.24. The van der Waals surface area contributed by atoms with Gasteiger partial charge < -0.3 is 10.7 Å². The Bertz CT molecular complexity index is 835. The van der Waals surface area contributed by atoms with E-state index in [1.165, 1.54) is 6.07 Å². The van der Waals surface area contributed by atoms with Crippen molar-refractivity contribution in [1.29, 1.82) is 0 Å². The average Bonchev–Trinajstić information content (AvgIpc) is 2.92. The zero-order valence-corrected chi connectivity index (χ0v) is 15.9. The molecule has 1 aromatic heterocycles. The highest BCUT2D eigenvalue weighted by Gasteiger charge is 2.30. The third-order valence-corrected chi connectivity index (χ3v) is 4.08. The van der Waals surface area contributed by atoms with Crippen molar-refractivity contribution < 1.29 is 13.2 Å². The predicted molar refractivity (Wildman–Crippen MR) is 100 cm³/mol. The van der Waals surface area contributed by atoms with Crippen LogP contribution < -0.4 is 5.73 Å². The van der Waals surface area contributed by atoms with Gasteiger partial charge in [-0.15, -0.1) is 24.8 Å². The molecular formula is C16H15BrCl2F3N3. The Morgan fingerprint density at radius 3 is 2.32 bits per heavy atom. The van der Waals surface area contributed by atoms with Gasteiger partial charge in [-0.2, -0.15) is 13.2 Å². The molecule has 0 aliphatic rings. The van der Waals surface area contributed by atoms with Gasteiger partial charge in [-0.3, -0.25) is 0 Å². The zero-order valence-electron chi connectivity index (χ0n) is 12.7. The molecule has 0 spiro atoms. The molecule has 3 N–H and O–H groups in total. The lowest BCUT2D eigenvalue weighted by Gasteiger charge is -2.08. The number of alkyl halides is 3. The molecule has 0 aliphatic heterocycles. The normalized spacial score (nSPS) is 12.4. The van der Waals surface area contributed by atoms with Gasteiger partial charge in [-0.1, -0.05) is 28.1 Å². The van der Waals surface area contributed by atoms with Gasteiger partial charge in [0.05, 0.1) is 22.6 Å². The molecule has 2 aromatic carbocycles. The number of hydrogen-bond acceptors (Lipinski definition) is 2. The molecule has 0 saturated carbocycles. The summed E-state index contributed by atoms with van der Waals surface area (Å²) >= 11 is 3.36. The minimum Gasteiger partial charge on any atom is -0.341 e. The highest BCUT2D eigenvalue weighted by molar-refractivity contribution is 9.10. The van der Waals surface area contributed by atoms with Crippen LogP contribution in [0.15, 0.2) is 46.9 Å². The van der Waals surface area contributed by atoms with Crippen molar-refractivity contribution in [2.75, 3.05) is 0 Å². The Labute approximate surface area is 163 Å². The molecule has 3 aromatic rings. The highest BCUT2D eigenvalue weighted by Crippen LogP contribution is 2.31. The van der Waals surface area contributed by atoms with Crippen LogP contribution in [-0.2, 0) is 12.6 Å². The van der Waals surface area contributed by atoms with E-state index in [1.54, 1.807) is 0 Å². The Hall–Kier alpha value is -1.28. The number of aromatic amines is 1. The average molecular weight is 457 g/mol. The van der Waals surface area contributed by atoms with Gasteiger partial charge in [0, 0.05) is 4.47 Å². The second-order valence-electron chi connectivity index (χ2n) is 5.29. The molecular weight excluding hydrogens is 442 g/mol. The van der Waals surface area contributed by atoms with Crippen LogP contribution in [0.4, 0.5) is 13.2 Å². The summed E-state index contributed by atoms with van der Waals surface area (Å²) < 4.78 is 39.2. The monoisotopic (exact) mass is 455 g/mol. The van der Waals surface area contributed by atoms with Gasteiger partial charge in [0.25, 0.3) is 0 Å². The summed E-state index contributed by atoms with van der Waals surface area (Å²) in [5.74, 6) is 0.474. The molecule has 0 amide bonds. The molecule has 1 atom stereocenters. The van der Waals surface area contributed by atoms with Crippen LogP contribution in [0.1, 0.15) is 23.0 Å². The number of aromatic nitrogens is 2. The maximum atomic E-state index is 12.7. The molecule has 0 radical (unpaired) electrons. The van der Waals surface area contributed by atoms with Crippen molar-refractivity contribution in [3.8, 4) is 0 Å². The van der Waals surface area contributed by atoms with E-state index < -0.39 is 17.8 Å². The van der Waals surface area contributed by atoms with E-state index >= 15 is 0 Å². The van der Waals surface area contributed by atoms with Crippen molar-refractivity contribution >= 4 is 51.8 Å². The van der Waals surface area contributed by atoms with Gasteiger partial charge in [-0.05, 0) is 42.3 Å². The van der Waals surface area contributed by atoms with Gasteiger partial charge in [0.15, 0.2) is 0 Å². The van der Waals surface area contributed by atoms with Crippen LogP contribution in [0.2, 0.25) is 0 Å². The topological polar surface area (TPSA) is 54.7 Å². The third kappa shape index (κ3) is 5.10. The molecule has 0 unspecified atom stereocenters. The zero-order chi connectivity index (χ0) is 16.6.